The molecule has 1 saturated carbocycles. The third kappa shape index (κ3) is 4.05. The van der Waals surface area contributed by atoms with Gasteiger partial charge in [-0.3, -0.25) is 0 Å². The van der Waals surface area contributed by atoms with Crippen LogP contribution in [0.25, 0.3) is 0 Å². The van der Waals surface area contributed by atoms with E-state index in [-0.39, 0.29) is 0 Å². The maximum atomic E-state index is 6.09. The van der Waals surface area contributed by atoms with E-state index in [1.165, 1.54) is 18.4 Å². The summed E-state index contributed by atoms with van der Waals surface area (Å²) in [5.41, 5.74) is 1.47. The third-order valence-electron chi connectivity index (χ3n) is 4.07. The van der Waals surface area contributed by atoms with Crippen molar-refractivity contribution in [2.75, 3.05) is 13.2 Å². The van der Waals surface area contributed by atoms with Gasteiger partial charge in [-0.25, -0.2) is 0 Å². The monoisotopic (exact) mass is 261 g/mol. The van der Waals surface area contributed by atoms with Gasteiger partial charge in [0.2, 0.25) is 0 Å². The lowest BCUT2D eigenvalue weighted by Crippen LogP contribution is -2.45. The lowest BCUT2D eigenvalue weighted by atomic mass is 9.80. The van der Waals surface area contributed by atoms with E-state index < -0.39 is 0 Å². The van der Waals surface area contributed by atoms with E-state index in [2.05, 4.69) is 49.5 Å². The Kier molecular flexibility index (Phi) is 5.87. The summed E-state index contributed by atoms with van der Waals surface area (Å²) in [5.74, 6) is 0.665. The molecule has 0 radical (unpaired) electrons. The first-order valence-electron chi connectivity index (χ1n) is 7.75. The highest BCUT2D eigenvalue weighted by atomic mass is 16.5. The van der Waals surface area contributed by atoms with Crippen molar-refractivity contribution in [3.05, 3.63) is 35.9 Å². The molecule has 2 rings (SSSR count). The first kappa shape index (κ1) is 14.5. The molecule has 1 fully saturated rings. The smallest absolute Gasteiger partial charge is 0.0733 e. The molecule has 2 nitrogen and oxygen atoms in total. The average molecular weight is 261 g/mol. The number of hydrogen-bond acceptors (Lipinski definition) is 2. The third-order valence-corrected chi connectivity index (χ3v) is 4.07. The lowest BCUT2D eigenvalue weighted by Gasteiger charge is -2.36. The molecule has 3 unspecified atom stereocenters. The van der Waals surface area contributed by atoms with Crippen LogP contribution in [0.4, 0.5) is 0 Å². The second kappa shape index (κ2) is 7.66. The van der Waals surface area contributed by atoms with Crippen LogP contribution in [0.1, 0.15) is 51.0 Å². The fourth-order valence-corrected chi connectivity index (χ4v) is 3.11. The molecule has 1 aromatic rings. The summed E-state index contributed by atoms with van der Waals surface area (Å²) in [6.45, 7) is 6.28. The summed E-state index contributed by atoms with van der Waals surface area (Å²) < 4.78 is 6.09. The Labute approximate surface area is 117 Å². The van der Waals surface area contributed by atoms with E-state index in [4.69, 9.17) is 4.74 Å². The summed E-state index contributed by atoms with van der Waals surface area (Å²) in [5, 5.41) is 3.59. The minimum absolute atomic E-state index is 0.374. The van der Waals surface area contributed by atoms with Crippen molar-refractivity contribution in [2.45, 2.75) is 57.6 Å². The van der Waals surface area contributed by atoms with Gasteiger partial charge < -0.3 is 10.1 Å². The van der Waals surface area contributed by atoms with Crippen molar-refractivity contribution in [1.29, 1.82) is 0 Å². The van der Waals surface area contributed by atoms with Gasteiger partial charge in [0.25, 0.3) is 0 Å². The lowest BCUT2D eigenvalue weighted by molar-refractivity contribution is 0.000341. The molecule has 3 atom stereocenters. The highest BCUT2D eigenvalue weighted by Crippen LogP contribution is 2.34. The van der Waals surface area contributed by atoms with Gasteiger partial charge >= 0.3 is 0 Å². The van der Waals surface area contributed by atoms with Crippen LogP contribution in [-0.2, 0) is 4.74 Å². The molecule has 0 aromatic heterocycles. The quantitative estimate of drug-likeness (QED) is 0.842. The molecule has 1 aliphatic rings. The van der Waals surface area contributed by atoms with E-state index in [1.54, 1.807) is 0 Å². The molecule has 0 bridgehead atoms. The highest BCUT2D eigenvalue weighted by molar-refractivity contribution is 5.20. The topological polar surface area (TPSA) is 21.3 Å². The second-order valence-electron chi connectivity index (χ2n) is 5.49. The molecule has 0 spiro atoms. The van der Waals surface area contributed by atoms with Crippen LogP contribution in [-0.4, -0.2) is 25.3 Å². The van der Waals surface area contributed by atoms with Crippen molar-refractivity contribution < 1.29 is 4.74 Å². The molecular formula is C17H27NO. The van der Waals surface area contributed by atoms with Crippen molar-refractivity contribution in [3.8, 4) is 0 Å². The zero-order valence-corrected chi connectivity index (χ0v) is 12.3. The fraction of sp³-hybridized carbons (Fsp3) is 0.647. The molecule has 2 heteroatoms. The second-order valence-corrected chi connectivity index (χ2v) is 5.49. The SMILES string of the molecule is CCCOC1CC(c2ccccc2)CCC1NCC. The number of benzene rings is 1. The normalized spacial score (nSPS) is 27.4. The van der Waals surface area contributed by atoms with E-state index >= 15 is 0 Å². The van der Waals surface area contributed by atoms with Crippen LogP contribution in [0.2, 0.25) is 0 Å². The highest BCUT2D eigenvalue weighted by Gasteiger charge is 2.31. The Balaban J connectivity index is 1.99. The van der Waals surface area contributed by atoms with Gasteiger partial charge in [0, 0.05) is 12.6 Å². The fourth-order valence-electron chi connectivity index (χ4n) is 3.11. The zero-order chi connectivity index (χ0) is 13.5. The number of ether oxygens (including phenoxy) is 1. The largest absolute Gasteiger partial charge is 0.377 e. The minimum atomic E-state index is 0.374. The van der Waals surface area contributed by atoms with Gasteiger partial charge in [-0.2, -0.15) is 0 Å². The Morgan fingerprint density at radius 1 is 1.16 bits per heavy atom. The molecule has 1 N–H and O–H groups in total. The van der Waals surface area contributed by atoms with Crippen LogP contribution in [0, 0.1) is 0 Å². The molecule has 1 aliphatic carbocycles. The standard InChI is InChI=1S/C17H27NO/c1-3-12-19-17-13-15(10-11-16(17)18-4-2)14-8-6-5-7-9-14/h5-9,15-18H,3-4,10-13H2,1-2H3. The number of likely N-dealkylation sites (N-methyl/N-ethyl adjacent to an activating group) is 1. The molecule has 1 aromatic carbocycles. The predicted octanol–water partition coefficient (Wildman–Crippen LogP) is 3.73. The molecule has 106 valence electrons. The molecular weight excluding hydrogens is 234 g/mol. The first-order chi connectivity index (χ1) is 9.35. The van der Waals surface area contributed by atoms with Gasteiger partial charge in [0.15, 0.2) is 0 Å². The summed E-state index contributed by atoms with van der Waals surface area (Å²) in [6, 6.07) is 11.4. The summed E-state index contributed by atoms with van der Waals surface area (Å²) in [6.07, 6.45) is 5.13. The summed E-state index contributed by atoms with van der Waals surface area (Å²) >= 11 is 0. The van der Waals surface area contributed by atoms with Gasteiger partial charge in [-0.15, -0.1) is 0 Å². The zero-order valence-electron chi connectivity index (χ0n) is 12.3. The van der Waals surface area contributed by atoms with Crippen LogP contribution >= 0.6 is 0 Å². The van der Waals surface area contributed by atoms with Gasteiger partial charge in [-0.05, 0) is 43.7 Å². The first-order valence-corrected chi connectivity index (χ1v) is 7.75. The molecule has 0 amide bonds. The Hall–Kier alpha value is -0.860. The molecule has 0 aliphatic heterocycles. The van der Waals surface area contributed by atoms with Crippen molar-refractivity contribution in [1.82, 2.24) is 5.32 Å². The summed E-state index contributed by atoms with van der Waals surface area (Å²) in [7, 11) is 0. The van der Waals surface area contributed by atoms with E-state index in [9.17, 15) is 0 Å². The van der Waals surface area contributed by atoms with Crippen LogP contribution in [0.15, 0.2) is 30.3 Å². The van der Waals surface area contributed by atoms with E-state index in [0.29, 0.717) is 18.1 Å². The summed E-state index contributed by atoms with van der Waals surface area (Å²) in [4.78, 5) is 0. The number of hydrogen-bond donors (Lipinski definition) is 1. The van der Waals surface area contributed by atoms with E-state index in [1.807, 2.05) is 0 Å². The molecule has 0 heterocycles. The van der Waals surface area contributed by atoms with Crippen molar-refractivity contribution >= 4 is 0 Å². The maximum absolute atomic E-state index is 6.09. The molecule has 19 heavy (non-hydrogen) atoms. The number of nitrogens with one attached hydrogen (secondary N) is 1. The van der Waals surface area contributed by atoms with Crippen LogP contribution in [0.5, 0.6) is 0 Å². The van der Waals surface area contributed by atoms with E-state index in [0.717, 1.165) is 26.0 Å². The van der Waals surface area contributed by atoms with Gasteiger partial charge in [0.05, 0.1) is 6.10 Å². The maximum Gasteiger partial charge on any atom is 0.0733 e. The van der Waals surface area contributed by atoms with Crippen molar-refractivity contribution in [2.24, 2.45) is 0 Å². The Morgan fingerprint density at radius 2 is 1.95 bits per heavy atom. The predicted molar refractivity (Wildman–Crippen MR) is 80.5 cm³/mol. The van der Waals surface area contributed by atoms with Crippen LogP contribution in [0.3, 0.4) is 0 Å². The Morgan fingerprint density at radius 3 is 2.63 bits per heavy atom. The Bertz CT molecular complexity index is 352. The van der Waals surface area contributed by atoms with Gasteiger partial charge in [-0.1, -0.05) is 44.2 Å². The van der Waals surface area contributed by atoms with Gasteiger partial charge in [0.1, 0.15) is 0 Å². The van der Waals surface area contributed by atoms with Crippen molar-refractivity contribution in [3.63, 3.8) is 0 Å². The van der Waals surface area contributed by atoms with Crippen LogP contribution < -0.4 is 5.32 Å². The number of rotatable bonds is 6. The molecule has 0 saturated heterocycles. The minimum Gasteiger partial charge on any atom is -0.377 e. The average Bonchev–Trinajstić information content (AvgIpc) is 2.47.